The largest absolute Gasteiger partial charge is 0.492 e. The molecule has 28 heavy (non-hydrogen) atoms. The van der Waals surface area contributed by atoms with Crippen LogP contribution in [0.4, 0.5) is 0 Å². The predicted octanol–water partition coefficient (Wildman–Crippen LogP) is 4.69. The van der Waals surface area contributed by atoms with E-state index in [9.17, 15) is 0 Å². The lowest BCUT2D eigenvalue weighted by atomic mass is 10.2. The van der Waals surface area contributed by atoms with Gasteiger partial charge in [0.05, 0.1) is 5.02 Å². The van der Waals surface area contributed by atoms with Crippen LogP contribution in [0.1, 0.15) is 11.1 Å². The lowest BCUT2D eigenvalue weighted by Gasteiger charge is -2.34. The Kier molecular flexibility index (Phi) is 7.86. The van der Waals surface area contributed by atoms with Crippen LogP contribution >= 0.6 is 23.2 Å². The Labute approximate surface area is 177 Å². The molecule has 0 unspecified atom stereocenters. The zero-order valence-corrected chi connectivity index (χ0v) is 18.1. The highest BCUT2D eigenvalue weighted by molar-refractivity contribution is 6.32. The Bertz CT molecular complexity index is 757. The van der Waals surface area contributed by atoms with Crippen molar-refractivity contribution in [3.63, 3.8) is 0 Å². The van der Waals surface area contributed by atoms with Gasteiger partial charge in [-0.3, -0.25) is 9.80 Å². The molecule has 0 aromatic heterocycles. The Morgan fingerprint density at radius 3 is 2.04 bits per heavy atom. The Hall–Kier alpha value is -1.46. The fraction of sp³-hybridized carbons (Fsp3) is 0.455. The van der Waals surface area contributed by atoms with Gasteiger partial charge in [-0.05, 0) is 49.2 Å². The second-order valence-corrected chi connectivity index (χ2v) is 7.99. The molecule has 3 rings (SSSR count). The first-order valence-corrected chi connectivity index (χ1v) is 10.5. The zero-order chi connectivity index (χ0) is 19.9. The minimum atomic E-state index is 0.656. The number of benzene rings is 2. The molecular weight excluding hydrogens is 395 g/mol. The summed E-state index contributed by atoms with van der Waals surface area (Å²) < 4.78 is 11.8. The summed E-state index contributed by atoms with van der Waals surface area (Å²) in [7, 11) is 0. The standard InChI is InChI=1S/C22H28Cl2N2O2/c1-17-4-3-5-21(24)22(17)28-15-13-26-10-8-25(9-11-26)12-14-27-19-6-7-20(23)18(2)16-19/h3-7,16H,8-15H2,1-2H3. The van der Waals surface area contributed by atoms with Gasteiger partial charge in [-0.15, -0.1) is 0 Å². The Balaban J connectivity index is 1.32. The number of piperazine rings is 1. The van der Waals surface area contributed by atoms with E-state index in [-0.39, 0.29) is 0 Å². The molecule has 0 bridgehead atoms. The molecule has 0 N–H and O–H groups in total. The SMILES string of the molecule is Cc1cc(OCCN2CCN(CCOc3c(C)cccc3Cl)CC2)ccc1Cl. The van der Waals surface area contributed by atoms with Crippen LogP contribution in [0, 0.1) is 13.8 Å². The van der Waals surface area contributed by atoms with Gasteiger partial charge in [0.15, 0.2) is 0 Å². The van der Waals surface area contributed by atoms with Crippen LogP contribution in [0.15, 0.2) is 36.4 Å². The third-order valence-electron chi connectivity index (χ3n) is 5.09. The lowest BCUT2D eigenvalue weighted by molar-refractivity contribution is 0.105. The molecule has 6 heteroatoms. The van der Waals surface area contributed by atoms with Gasteiger partial charge in [0.25, 0.3) is 0 Å². The lowest BCUT2D eigenvalue weighted by Crippen LogP contribution is -2.48. The second kappa shape index (κ2) is 10.4. The van der Waals surface area contributed by atoms with E-state index in [1.54, 1.807) is 0 Å². The summed E-state index contributed by atoms with van der Waals surface area (Å²) in [4.78, 5) is 4.88. The van der Waals surface area contributed by atoms with Gasteiger partial charge in [-0.1, -0.05) is 35.3 Å². The normalized spacial score (nSPS) is 15.6. The summed E-state index contributed by atoms with van der Waals surface area (Å²) in [6, 6.07) is 11.6. The number of ether oxygens (including phenoxy) is 2. The number of rotatable bonds is 8. The quantitative estimate of drug-likeness (QED) is 0.615. The van der Waals surface area contributed by atoms with E-state index in [2.05, 4.69) is 9.80 Å². The van der Waals surface area contributed by atoms with Crippen molar-refractivity contribution in [1.29, 1.82) is 0 Å². The highest BCUT2D eigenvalue weighted by Crippen LogP contribution is 2.27. The molecule has 1 heterocycles. The molecule has 1 saturated heterocycles. The van der Waals surface area contributed by atoms with Gasteiger partial charge in [0, 0.05) is 44.3 Å². The monoisotopic (exact) mass is 422 g/mol. The average Bonchev–Trinajstić information content (AvgIpc) is 2.68. The number of nitrogens with zero attached hydrogens (tertiary/aromatic N) is 2. The summed E-state index contributed by atoms with van der Waals surface area (Å²) >= 11 is 12.3. The number of para-hydroxylation sites is 1. The number of hydrogen-bond acceptors (Lipinski definition) is 4. The highest BCUT2D eigenvalue weighted by atomic mass is 35.5. The fourth-order valence-electron chi connectivity index (χ4n) is 3.31. The molecule has 1 fully saturated rings. The molecule has 0 saturated carbocycles. The third-order valence-corrected chi connectivity index (χ3v) is 5.81. The Morgan fingerprint density at radius 2 is 1.43 bits per heavy atom. The van der Waals surface area contributed by atoms with Crippen LogP contribution in [0.25, 0.3) is 0 Å². The first-order chi connectivity index (χ1) is 13.5. The van der Waals surface area contributed by atoms with Crippen molar-refractivity contribution in [2.75, 3.05) is 52.5 Å². The van der Waals surface area contributed by atoms with Gasteiger partial charge < -0.3 is 9.47 Å². The predicted molar refractivity (Wildman–Crippen MR) is 116 cm³/mol. The van der Waals surface area contributed by atoms with Crippen molar-refractivity contribution < 1.29 is 9.47 Å². The molecule has 4 nitrogen and oxygen atoms in total. The summed E-state index contributed by atoms with van der Waals surface area (Å²) in [6.45, 7) is 11.4. The zero-order valence-electron chi connectivity index (χ0n) is 16.6. The maximum Gasteiger partial charge on any atom is 0.140 e. The summed E-state index contributed by atoms with van der Waals surface area (Å²) in [5, 5.41) is 1.46. The summed E-state index contributed by atoms with van der Waals surface area (Å²) in [5.41, 5.74) is 2.12. The van der Waals surface area contributed by atoms with E-state index in [4.69, 9.17) is 32.7 Å². The average molecular weight is 423 g/mol. The topological polar surface area (TPSA) is 24.9 Å². The molecule has 152 valence electrons. The molecule has 0 amide bonds. The molecule has 0 aliphatic carbocycles. The van der Waals surface area contributed by atoms with E-state index < -0.39 is 0 Å². The minimum Gasteiger partial charge on any atom is -0.492 e. The number of aryl methyl sites for hydroxylation is 2. The molecule has 2 aromatic rings. The number of hydrogen-bond donors (Lipinski definition) is 0. The van der Waals surface area contributed by atoms with Gasteiger partial charge in [0.2, 0.25) is 0 Å². The summed E-state index contributed by atoms with van der Waals surface area (Å²) in [5.74, 6) is 1.69. The number of halogens is 2. The van der Waals surface area contributed by atoms with E-state index in [0.717, 1.165) is 66.9 Å². The molecular formula is C22H28Cl2N2O2. The van der Waals surface area contributed by atoms with Crippen LogP contribution < -0.4 is 9.47 Å². The van der Waals surface area contributed by atoms with Gasteiger partial charge in [0.1, 0.15) is 24.7 Å². The van der Waals surface area contributed by atoms with Crippen LogP contribution in [0.3, 0.4) is 0 Å². The second-order valence-electron chi connectivity index (χ2n) is 7.18. The maximum atomic E-state index is 6.22. The molecule has 2 aromatic carbocycles. The Morgan fingerprint density at radius 1 is 0.786 bits per heavy atom. The first kappa shape index (κ1) is 21.3. The van der Waals surface area contributed by atoms with Crippen molar-refractivity contribution in [2.24, 2.45) is 0 Å². The van der Waals surface area contributed by atoms with Crippen molar-refractivity contribution in [2.45, 2.75) is 13.8 Å². The van der Waals surface area contributed by atoms with E-state index >= 15 is 0 Å². The van der Waals surface area contributed by atoms with E-state index in [1.807, 2.05) is 50.2 Å². The summed E-state index contributed by atoms with van der Waals surface area (Å²) in [6.07, 6.45) is 0. The minimum absolute atomic E-state index is 0.656. The molecule has 0 spiro atoms. The maximum absolute atomic E-state index is 6.22. The van der Waals surface area contributed by atoms with Gasteiger partial charge in [-0.2, -0.15) is 0 Å². The first-order valence-electron chi connectivity index (χ1n) is 9.74. The van der Waals surface area contributed by atoms with Crippen LogP contribution in [-0.2, 0) is 0 Å². The van der Waals surface area contributed by atoms with Crippen LogP contribution in [0.2, 0.25) is 10.0 Å². The smallest absolute Gasteiger partial charge is 0.140 e. The highest BCUT2D eigenvalue weighted by Gasteiger charge is 2.17. The molecule has 1 aliphatic heterocycles. The van der Waals surface area contributed by atoms with E-state index in [0.29, 0.717) is 18.2 Å². The third kappa shape index (κ3) is 6.02. The molecule has 1 aliphatic rings. The van der Waals surface area contributed by atoms with Gasteiger partial charge >= 0.3 is 0 Å². The van der Waals surface area contributed by atoms with Crippen molar-refractivity contribution in [1.82, 2.24) is 9.80 Å². The van der Waals surface area contributed by atoms with Crippen molar-refractivity contribution >= 4 is 23.2 Å². The van der Waals surface area contributed by atoms with Crippen molar-refractivity contribution in [3.05, 3.63) is 57.6 Å². The van der Waals surface area contributed by atoms with Crippen LogP contribution in [-0.4, -0.2) is 62.3 Å². The van der Waals surface area contributed by atoms with E-state index in [1.165, 1.54) is 0 Å². The van der Waals surface area contributed by atoms with Crippen LogP contribution in [0.5, 0.6) is 11.5 Å². The fourth-order valence-corrected chi connectivity index (χ4v) is 3.71. The van der Waals surface area contributed by atoms with Crippen molar-refractivity contribution in [3.8, 4) is 11.5 Å². The molecule has 0 radical (unpaired) electrons. The van der Waals surface area contributed by atoms with Gasteiger partial charge in [-0.25, -0.2) is 0 Å². The molecule has 0 atom stereocenters.